The molecule has 0 saturated heterocycles. The van der Waals surface area contributed by atoms with Crippen LogP contribution in [0.4, 0.5) is 4.39 Å². The van der Waals surface area contributed by atoms with Crippen molar-refractivity contribution < 1.29 is 4.39 Å². The summed E-state index contributed by atoms with van der Waals surface area (Å²) in [5.74, 6) is 0.332. The molecule has 2 heteroatoms. The monoisotopic (exact) mass is 309 g/mol. The molecule has 0 atom stereocenters. The lowest BCUT2D eigenvalue weighted by atomic mass is 9.91. The molecule has 0 amide bonds. The van der Waals surface area contributed by atoms with Crippen LogP contribution in [0.15, 0.2) is 37.4 Å². The van der Waals surface area contributed by atoms with Gasteiger partial charge in [0.05, 0.1) is 5.69 Å². The Morgan fingerprint density at radius 3 is 2.17 bits per heavy atom. The van der Waals surface area contributed by atoms with Crippen molar-refractivity contribution in [3.8, 4) is 11.1 Å². The van der Waals surface area contributed by atoms with Crippen molar-refractivity contribution in [3.05, 3.63) is 65.8 Å². The van der Waals surface area contributed by atoms with Gasteiger partial charge < -0.3 is 0 Å². The van der Waals surface area contributed by atoms with E-state index in [1.54, 1.807) is 6.08 Å². The molecule has 0 unspecified atom stereocenters. The summed E-state index contributed by atoms with van der Waals surface area (Å²) in [5, 5.41) is 0. The van der Waals surface area contributed by atoms with E-state index in [0.717, 1.165) is 28.1 Å². The van der Waals surface area contributed by atoms with Crippen LogP contribution in [0.25, 0.3) is 23.3 Å². The van der Waals surface area contributed by atoms with Crippen molar-refractivity contribution in [1.29, 1.82) is 0 Å². The first-order valence-corrected chi connectivity index (χ1v) is 8.21. The zero-order valence-corrected chi connectivity index (χ0v) is 14.2. The number of hydrogen-bond acceptors (Lipinski definition) is 1. The number of rotatable bonds is 4. The summed E-state index contributed by atoms with van der Waals surface area (Å²) in [4.78, 5) is 4.76. The number of halogens is 1. The quantitative estimate of drug-likeness (QED) is 0.638. The average Bonchev–Trinajstić information content (AvgIpc) is 3.42. The second-order valence-corrected chi connectivity index (χ2v) is 5.49. The van der Waals surface area contributed by atoms with Gasteiger partial charge in [0.2, 0.25) is 0 Å². The highest BCUT2D eigenvalue weighted by molar-refractivity contribution is 5.82. The molecule has 2 aromatic rings. The predicted octanol–water partition coefficient (Wildman–Crippen LogP) is 6.39. The van der Waals surface area contributed by atoms with Crippen molar-refractivity contribution in [2.24, 2.45) is 0 Å². The molecule has 1 heterocycles. The van der Waals surface area contributed by atoms with Crippen LogP contribution in [0, 0.1) is 12.7 Å². The fourth-order valence-corrected chi connectivity index (χ4v) is 2.84. The molecule has 0 radical (unpaired) electrons. The first kappa shape index (κ1) is 17.1. The predicted molar refractivity (Wildman–Crippen MR) is 97.9 cm³/mol. The van der Waals surface area contributed by atoms with E-state index in [1.165, 1.54) is 30.5 Å². The Kier molecular flexibility index (Phi) is 5.49. The van der Waals surface area contributed by atoms with Crippen LogP contribution in [0.2, 0.25) is 0 Å². The van der Waals surface area contributed by atoms with E-state index >= 15 is 0 Å². The van der Waals surface area contributed by atoms with E-state index in [0.29, 0.717) is 5.92 Å². The summed E-state index contributed by atoms with van der Waals surface area (Å²) in [6.45, 7) is 13.9. The maximum Gasteiger partial charge on any atom is 0.123 e. The summed E-state index contributed by atoms with van der Waals surface area (Å²) in [6.07, 6.45) is 5.98. The first-order chi connectivity index (χ1) is 11.2. The zero-order chi connectivity index (χ0) is 17.0. The van der Waals surface area contributed by atoms with Gasteiger partial charge >= 0.3 is 0 Å². The van der Waals surface area contributed by atoms with Gasteiger partial charge in [0, 0.05) is 17.2 Å². The van der Waals surface area contributed by atoms with Crippen LogP contribution in [-0.4, -0.2) is 4.98 Å². The van der Waals surface area contributed by atoms with E-state index in [-0.39, 0.29) is 5.82 Å². The second-order valence-electron chi connectivity index (χ2n) is 5.49. The highest BCUT2D eigenvalue weighted by Crippen LogP contribution is 2.44. The standard InChI is InChI=1S/C19H18FN.C2H6/c1-4-16-17(5-2)21-19(14-6-7-14)12(3)18(16)13-8-10-15(20)11-9-13;1-2/h4-5,8-11,14H,1-2,6-7H2,3H3;1-2H3. The van der Waals surface area contributed by atoms with Crippen LogP contribution in [0.3, 0.4) is 0 Å². The van der Waals surface area contributed by atoms with Gasteiger partial charge in [-0.2, -0.15) is 0 Å². The van der Waals surface area contributed by atoms with E-state index in [1.807, 2.05) is 32.1 Å². The molecule has 1 aliphatic rings. The summed E-state index contributed by atoms with van der Waals surface area (Å²) >= 11 is 0. The first-order valence-electron chi connectivity index (χ1n) is 8.21. The Hall–Kier alpha value is -2.22. The van der Waals surface area contributed by atoms with Crippen LogP contribution in [0.5, 0.6) is 0 Å². The lowest BCUT2D eigenvalue weighted by Crippen LogP contribution is -2.02. The fourth-order valence-electron chi connectivity index (χ4n) is 2.84. The molecular weight excluding hydrogens is 285 g/mol. The molecule has 1 aliphatic carbocycles. The normalized spacial score (nSPS) is 13.0. The number of nitrogens with zero attached hydrogens (tertiary/aromatic N) is 1. The topological polar surface area (TPSA) is 12.9 Å². The lowest BCUT2D eigenvalue weighted by Gasteiger charge is -2.17. The zero-order valence-electron chi connectivity index (χ0n) is 14.2. The molecule has 0 aliphatic heterocycles. The van der Waals surface area contributed by atoms with E-state index in [9.17, 15) is 4.39 Å². The van der Waals surface area contributed by atoms with Gasteiger partial charge in [-0.3, -0.25) is 4.98 Å². The molecule has 1 aromatic heterocycles. The molecule has 0 bridgehead atoms. The van der Waals surface area contributed by atoms with Crippen LogP contribution in [0.1, 0.15) is 55.1 Å². The van der Waals surface area contributed by atoms with Gasteiger partial charge in [-0.05, 0) is 54.7 Å². The third kappa shape index (κ3) is 3.42. The van der Waals surface area contributed by atoms with Gasteiger partial charge in [0.15, 0.2) is 0 Å². The summed E-state index contributed by atoms with van der Waals surface area (Å²) in [6, 6.07) is 6.61. The number of hydrogen-bond donors (Lipinski definition) is 0. The van der Waals surface area contributed by atoms with Crippen LogP contribution >= 0.6 is 0 Å². The highest BCUT2D eigenvalue weighted by atomic mass is 19.1. The molecule has 23 heavy (non-hydrogen) atoms. The molecule has 120 valence electrons. The van der Waals surface area contributed by atoms with Crippen molar-refractivity contribution in [3.63, 3.8) is 0 Å². The molecular formula is C21H24FN. The molecule has 1 saturated carbocycles. The SMILES string of the molecule is C=Cc1nc(C2CC2)c(C)c(-c2ccc(F)cc2)c1C=C.CC. The fraction of sp³-hybridized carbons (Fsp3) is 0.286. The average molecular weight is 309 g/mol. The van der Waals surface area contributed by atoms with Gasteiger partial charge in [-0.15, -0.1) is 0 Å². The number of aromatic nitrogens is 1. The highest BCUT2D eigenvalue weighted by Gasteiger charge is 2.29. The van der Waals surface area contributed by atoms with Gasteiger partial charge in [0.25, 0.3) is 0 Å². The lowest BCUT2D eigenvalue weighted by molar-refractivity contribution is 0.628. The number of benzene rings is 1. The molecule has 3 rings (SSSR count). The van der Waals surface area contributed by atoms with Gasteiger partial charge in [0.1, 0.15) is 5.82 Å². The van der Waals surface area contributed by atoms with Crippen LogP contribution < -0.4 is 0 Å². The van der Waals surface area contributed by atoms with Crippen molar-refractivity contribution in [2.45, 2.75) is 39.5 Å². The third-order valence-electron chi connectivity index (χ3n) is 4.04. The maximum atomic E-state index is 13.2. The molecule has 1 nitrogen and oxygen atoms in total. The van der Waals surface area contributed by atoms with Crippen molar-refractivity contribution in [1.82, 2.24) is 4.98 Å². The van der Waals surface area contributed by atoms with E-state index in [4.69, 9.17) is 4.98 Å². The second kappa shape index (κ2) is 7.36. The Labute approximate surface area is 138 Å². The van der Waals surface area contributed by atoms with Crippen LogP contribution in [-0.2, 0) is 0 Å². The summed E-state index contributed by atoms with van der Waals surface area (Å²) in [7, 11) is 0. The van der Waals surface area contributed by atoms with Crippen molar-refractivity contribution in [2.75, 3.05) is 0 Å². The Morgan fingerprint density at radius 1 is 1.09 bits per heavy atom. The Bertz CT molecular complexity index is 710. The molecule has 1 aromatic carbocycles. The Balaban J connectivity index is 0.000000924. The molecule has 0 N–H and O–H groups in total. The smallest absolute Gasteiger partial charge is 0.123 e. The van der Waals surface area contributed by atoms with Crippen molar-refractivity contribution >= 4 is 12.2 Å². The maximum absolute atomic E-state index is 13.2. The van der Waals surface area contributed by atoms with E-state index < -0.39 is 0 Å². The van der Waals surface area contributed by atoms with Gasteiger partial charge in [-0.1, -0.05) is 45.2 Å². The molecule has 0 spiro atoms. The third-order valence-corrected chi connectivity index (χ3v) is 4.04. The minimum Gasteiger partial charge on any atom is -0.252 e. The minimum atomic E-state index is -0.225. The summed E-state index contributed by atoms with van der Waals surface area (Å²) in [5.41, 5.74) is 6.24. The minimum absolute atomic E-state index is 0.225. The largest absolute Gasteiger partial charge is 0.252 e. The van der Waals surface area contributed by atoms with Gasteiger partial charge in [-0.25, -0.2) is 4.39 Å². The Morgan fingerprint density at radius 2 is 1.70 bits per heavy atom. The number of pyridine rings is 1. The summed E-state index contributed by atoms with van der Waals surface area (Å²) < 4.78 is 13.2. The van der Waals surface area contributed by atoms with E-state index in [2.05, 4.69) is 20.1 Å². The molecule has 1 fully saturated rings.